The molecule has 0 atom stereocenters. The Labute approximate surface area is 197 Å². The van der Waals surface area contributed by atoms with Crippen molar-refractivity contribution in [3.63, 3.8) is 0 Å². The SMILES string of the molecule is [C-]#[N+]c1cc(-c2ccccc2OC)c(C(=O)Nc2nnc(OCc3ccc(Cl)cn3)s2)cn1. The quantitative estimate of drug-likeness (QED) is 0.371. The van der Waals surface area contributed by atoms with Crippen LogP contribution >= 0.6 is 22.9 Å². The van der Waals surface area contributed by atoms with E-state index in [1.165, 1.54) is 19.5 Å². The second kappa shape index (κ2) is 10.0. The lowest BCUT2D eigenvalue weighted by atomic mass is 10.00. The number of hydrogen-bond donors (Lipinski definition) is 1. The van der Waals surface area contributed by atoms with E-state index in [0.717, 1.165) is 11.3 Å². The molecule has 0 aliphatic rings. The number of nitrogens with zero attached hydrogens (tertiary/aromatic N) is 5. The summed E-state index contributed by atoms with van der Waals surface area (Å²) in [5.74, 6) is 0.271. The van der Waals surface area contributed by atoms with Gasteiger partial charge in [-0.1, -0.05) is 41.5 Å². The molecular weight excluding hydrogens is 464 g/mol. The van der Waals surface area contributed by atoms with Crippen LogP contribution in [0.5, 0.6) is 10.9 Å². The van der Waals surface area contributed by atoms with E-state index >= 15 is 0 Å². The second-order valence-corrected chi connectivity index (χ2v) is 7.86. The number of aromatic nitrogens is 4. The van der Waals surface area contributed by atoms with Crippen molar-refractivity contribution in [3.8, 4) is 22.1 Å². The van der Waals surface area contributed by atoms with Crippen molar-refractivity contribution in [2.75, 3.05) is 12.4 Å². The number of methoxy groups -OCH3 is 1. The highest BCUT2D eigenvalue weighted by Crippen LogP contribution is 2.34. The fourth-order valence-corrected chi connectivity index (χ4v) is 3.59. The minimum Gasteiger partial charge on any atom is -0.496 e. The van der Waals surface area contributed by atoms with Crippen molar-refractivity contribution in [1.29, 1.82) is 0 Å². The van der Waals surface area contributed by atoms with Crippen LogP contribution in [0.4, 0.5) is 10.9 Å². The zero-order valence-corrected chi connectivity index (χ0v) is 18.7. The van der Waals surface area contributed by atoms with Crippen LogP contribution in [-0.2, 0) is 6.61 Å². The molecule has 9 nitrogen and oxygen atoms in total. The first-order valence-electron chi connectivity index (χ1n) is 9.46. The van der Waals surface area contributed by atoms with Crippen molar-refractivity contribution in [2.45, 2.75) is 6.61 Å². The molecule has 4 rings (SSSR count). The summed E-state index contributed by atoms with van der Waals surface area (Å²) in [7, 11) is 1.54. The summed E-state index contributed by atoms with van der Waals surface area (Å²) in [6.07, 6.45) is 2.88. The summed E-state index contributed by atoms with van der Waals surface area (Å²) >= 11 is 6.90. The van der Waals surface area contributed by atoms with E-state index < -0.39 is 5.91 Å². The molecule has 11 heteroatoms. The van der Waals surface area contributed by atoms with Crippen LogP contribution in [0, 0.1) is 6.57 Å². The molecule has 164 valence electrons. The smallest absolute Gasteiger partial charge is 0.296 e. The monoisotopic (exact) mass is 478 g/mol. The number of carbonyl (C=O) groups excluding carboxylic acids is 1. The molecule has 0 spiro atoms. The van der Waals surface area contributed by atoms with E-state index in [0.29, 0.717) is 27.6 Å². The van der Waals surface area contributed by atoms with Gasteiger partial charge in [0.25, 0.3) is 16.9 Å². The Kier molecular flexibility index (Phi) is 6.73. The van der Waals surface area contributed by atoms with Crippen LogP contribution in [0.1, 0.15) is 16.1 Å². The third kappa shape index (κ3) is 5.23. The average molecular weight is 479 g/mol. The molecule has 0 saturated carbocycles. The van der Waals surface area contributed by atoms with E-state index in [4.69, 9.17) is 27.6 Å². The lowest BCUT2D eigenvalue weighted by molar-refractivity contribution is 0.102. The van der Waals surface area contributed by atoms with Gasteiger partial charge in [-0.25, -0.2) is 0 Å². The van der Waals surface area contributed by atoms with Crippen molar-refractivity contribution >= 4 is 39.8 Å². The van der Waals surface area contributed by atoms with Crippen LogP contribution < -0.4 is 14.8 Å². The van der Waals surface area contributed by atoms with Crippen LogP contribution in [0.15, 0.2) is 54.9 Å². The first-order valence-corrected chi connectivity index (χ1v) is 10.7. The molecule has 0 saturated heterocycles. The van der Waals surface area contributed by atoms with Crippen LogP contribution in [-0.4, -0.2) is 33.2 Å². The molecule has 0 radical (unpaired) electrons. The fraction of sp³-hybridized carbons (Fsp3) is 0.0909. The summed E-state index contributed by atoms with van der Waals surface area (Å²) in [5, 5.41) is 11.6. The van der Waals surface area contributed by atoms with Crippen molar-refractivity contribution < 1.29 is 14.3 Å². The summed E-state index contributed by atoms with van der Waals surface area (Å²) in [6, 6.07) is 12.2. The van der Waals surface area contributed by atoms with Gasteiger partial charge in [-0.3, -0.25) is 15.1 Å². The van der Waals surface area contributed by atoms with Crippen LogP contribution in [0.3, 0.4) is 0 Å². The van der Waals surface area contributed by atoms with E-state index in [2.05, 4.69) is 30.3 Å². The highest BCUT2D eigenvalue weighted by Gasteiger charge is 2.20. The number of ether oxygens (including phenoxy) is 2. The number of hydrogen-bond acceptors (Lipinski definition) is 8. The van der Waals surface area contributed by atoms with Gasteiger partial charge >= 0.3 is 0 Å². The van der Waals surface area contributed by atoms with Crippen molar-refractivity contribution in [1.82, 2.24) is 20.2 Å². The van der Waals surface area contributed by atoms with E-state index in [1.807, 2.05) is 12.1 Å². The molecule has 1 amide bonds. The molecule has 33 heavy (non-hydrogen) atoms. The molecular formula is C22H15ClN6O3S. The molecule has 0 aliphatic carbocycles. The van der Waals surface area contributed by atoms with Gasteiger partial charge in [0.1, 0.15) is 18.6 Å². The Hall–Kier alpha value is -4.07. The van der Waals surface area contributed by atoms with E-state index in [1.54, 1.807) is 30.3 Å². The number of halogens is 1. The Balaban J connectivity index is 1.53. The van der Waals surface area contributed by atoms with Gasteiger partial charge in [-0.05, 0) is 41.2 Å². The summed E-state index contributed by atoms with van der Waals surface area (Å²) in [5.41, 5.74) is 2.11. The zero-order chi connectivity index (χ0) is 23.2. The van der Waals surface area contributed by atoms with Gasteiger partial charge < -0.3 is 14.3 Å². The number of anilines is 1. The maximum atomic E-state index is 13.0. The molecule has 3 heterocycles. The first kappa shape index (κ1) is 22.1. The lowest BCUT2D eigenvalue weighted by Crippen LogP contribution is -2.13. The fourth-order valence-electron chi connectivity index (χ4n) is 2.89. The van der Waals surface area contributed by atoms with Crippen LogP contribution in [0.25, 0.3) is 16.0 Å². The summed E-state index contributed by atoms with van der Waals surface area (Å²) in [6.45, 7) is 7.44. The Morgan fingerprint density at radius 1 is 1.15 bits per heavy atom. The third-order valence-corrected chi connectivity index (χ3v) is 5.38. The Morgan fingerprint density at radius 3 is 2.76 bits per heavy atom. The maximum absolute atomic E-state index is 13.0. The van der Waals surface area contributed by atoms with Gasteiger partial charge in [0.15, 0.2) is 0 Å². The van der Waals surface area contributed by atoms with Crippen LogP contribution in [0.2, 0.25) is 5.02 Å². The first-order chi connectivity index (χ1) is 16.1. The summed E-state index contributed by atoms with van der Waals surface area (Å²) < 4.78 is 11.0. The normalized spacial score (nSPS) is 10.3. The maximum Gasteiger partial charge on any atom is 0.296 e. The third-order valence-electron chi connectivity index (χ3n) is 4.40. The minimum atomic E-state index is -0.456. The predicted octanol–water partition coefficient (Wildman–Crippen LogP) is 5.04. The highest BCUT2D eigenvalue weighted by molar-refractivity contribution is 7.17. The Bertz CT molecular complexity index is 1340. The number of para-hydroxylation sites is 1. The number of carbonyl (C=O) groups is 1. The van der Waals surface area contributed by atoms with Gasteiger partial charge in [0.05, 0.1) is 23.4 Å². The molecule has 3 aromatic heterocycles. The number of rotatable bonds is 7. The minimum absolute atomic E-state index is 0.162. The standard InChI is InChI=1S/C22H15ClN6O3S/c1-24-19-9-16(15-5-3-4-6-18(15)31-2)17(11-26-19)20(30)27-21-28-29-22(33-21)32-12-14-8-7-13(23)10-25-14/h3-11H,12H2,2H3,(H,27,28,30). The van der Waals surface area contributed by atoms with E-state index in [-0.39, 0.29) is 28.3 Å². The Morgan fingerprint density at radius 2 is 2.00 bits per heavy atom. The molecule has 0 bridgehead atoms. The highest BCUT2D eigenvalue weighted by atomic mass is 35.5. The average Bonchev–Trinajstić information content (AvgIpc) is 3.30. The van der Waals surface area contributed by atoms with Gasteiger partial charge in [-0.2, -0.15) is 0 Å². The molecule has 4 aromatic rings. The number of nitrogens with one attached hydrogen (secondary N) is 1. The summed E-state index contributed by atoms with van der Waals surface area (Å²) in [4.78, 5) is 24.6. The number of amides is 1. The molecule has 0 fully saturated rings. The topological polar surface area (TPSA) is 103 Å². The van der Waals surface area contributed by atoms with Crippen molar-refractivity contribution in [3.05, 3.63) is 82.6 Å². The van der Waals surface area contributed by atoms with Gasteiger partial charge in [0, 0.05) is 11.8 Å². The molecule has 0 aliphatic heterocycles. The van der Waals surface area contributed by atoms with Crippen molar-refractivity contribution in [2.24, 2.45) is 0 Å². The lowest BCUT2D eigenvalue weighted by Gasteiger charge is -2.12. The molecule has 0 unspecified atom stereocenters. The molecule has 1 aromatic carbocycles. The van der Waals surface area contributed by atoms with Gasteiger partial charge in [0.2, 0.25) is 5.13 Å². The number of benzene rings is 1. The predicted molar refractivity (Wildman–Crippen MR) is 124 cm³/mol. The largest absolute Gasteiger partial charge is 0.496 e. The van der Waals surface area contributed by atoms with E-state index in [9.17, 15) is 4.79 Å². The van der Waals surface area contributed by atoms with Gasteiger partial charge in [-0.15, -0.1) is 10.1 Å². The second-order valence-electron chi connectivity index (χ2n) is 6.48. The zero-order valence-electron chi connectivity index (χ0n) is 17.2. The number of pyridine rings is 2. The molecule has 1 N–H and O–H groups in total.